The molecule has 1 saturated heterocycles. The van der Waals surface area contributed by atoms with Crippen LogP contribution in [0, 0.1) is 17.7 Å². The lowest BCUT2D eigenvalue weighted by Gasteiger charge is -2.33. The van der Waals surface area contributed by atoms with Crippen molar-refractivity contribution in [2.45, 2.75) is 31.6 Å². The van der Waals surface area contributed by atoms with E-state index in [0.29, 0.717) is 24.9 Å². The first-order chi connectivity index (χ1) is 9.73. The fraction of sp³-hybridized carbons (Fsp3) is 0.571. The minimum absolute atomic E-state index is 0.115. The fourth-order valence-electron chi connectivity index (χ4n) is 2.69. The van der Waals surface area contributed by atoms with Crippen molar-refractivity contribution in [3.8, 4) is 0 Å². The predicted molar refractivity (Wildman–Crippen MR) is 82.1 cm³/mol. The van der Waals surface area contributed by atoms with E-state index in [1.54, 1.807) is 0 Å². The van der Waals surface area contributed by atoms with Crippen LogP contribution in [0.15, 0.2) is 17.0 Å². The second kappa shape index (κ2) is 6.10. The number of benzene rings is 1. The maximum Gasteiger partial charge on any atom is 0.246 e. The van der Waals surface area contributed by atoms with Crippen molar-refractivity contribution in [1.82, 2.24) is 4.31 Å². The molecule has 1 aliphatic rings. The molecule has 0 spiro atoms. The van der Waals surface area contributed by atoms with Crippen LogP contribution in [0.3, 0.4) is 0 Å². The Hall–Kier alpha value is -0.850. The number of halogens is 2. The number of rotatable bonds is 3. The van der Waals surface area contributed by atoms with Gasteiger partial charge in [-0.25, -0.2) is 12.8 Å². The van der Waals surface area contributed by atoms with E-state index in [4.69, 9.17) is 17.3 Å². The maximum absolute atomic E-state index is 14.0. The molecule has 1 fully saturated rings. The first-order valence-electron chi connectivity index (χ1n) is 6.98. The Kier molecular flexibility index (Phi) is 4.80. The number of sulfonamides is 1. The molecule has 1 aromatic carbocycles. The third-order valence-corrected chi connectivity index (χ3v) is 6.21. The standard InChI is InChI=1S/C14H20ClFN2O2S/c1-9(2)10-3-5-18(6-4-10)21(19,20)13-8-11(15)7-12(17)14(13)16/h7-10H,3-6,17H2,1-2H3. The Bertz CT molecular complexity index is 626. The Morgan fingerprint density at radius 3 is 2.43 bits per heavy atom. The van der Waals surface area contributed by atoms with Gasteiger partial charge in [0.15, 0.2) is 5.82 Å². The lowest BCUT2D eigenvalue weighted by atomic mass is 9.87. The number of anilines is 1. The number of nitrogens with zero attached hydrogens (tertiary/aromatic N) is 1. The summed E-state index contributed by atoms with van der Waals surface area (Å²) >= 11 is 5.80. The van der Waals surface area contributed by atoms with Gasteiger partial charge in [-0.3, -0.25) is 0 Å². The highest BCUT2D eigenvalue weighted by Gasteiger charge is 2.32. The van der Waals surface area contributed by atoms with Gasteiger partial charge in [0.05, 0.1) is 5.69 Å². The number of nitrogens with two attached hydrogens (primary N) is 1. The smallest absolute Gasteiger partial charge is 0.246 e. The quantitative estimate of drug-likeness (QED) is 0.864. The van der Waals surface area contributed by atoms with Crippen molar-refractivity contribution in [3.05, 3.63) is 23.0 Å². The number of hydrogen-bond donors (Lipinski definition) is 1. The molecule has 4 nitrogen and oxygen atoms in total. The van der Waals surface area contributed by atoms with E-state index in [2.05, 4.69) is 13.8 Å². The van der Waals surface area contributed by atoms with E-state index >= 15 is 0 Å². The number of piperidine rings is 1. The lowest BCUT2D eigenvalue weighted by Crippen LogP contribution is -2.39. The lowest BCUT2D eigenvalue weighted by molar-refractivity contribution is 0.226. The van der Waals surface area contributed by atoms with E-state index in [1.165, 1.54) is 10.4 Å². The molecule has 0 amide bonds. The predicted octanol–water partition coefficient (Wildman–Crippen LogP) is 3.12. The molecule has 7 heteroatoms. The van der Waals surface area contributed by atoms with Crippen molar-refractivity contribution in [1.29, 1.82) is 0 Å². The summed E-state index contributed by atoms with van der Waals surface area (Å²) in [6.07, 6.45) is 1.57. The van der Waals surface area contributed by atoms with Gasteiger partial charge < -0.3 is 5.73 Å². The van der Waals surface area contributed by atoms with Gasteiger partial charge in [0.1, 0.15) is 4.90 Å². The average molecular weight is 335 g/mol. The highest BCUT2D eigenvalue weighted by Crippen LogP contribution is 2.31. The molecule has 0 atom stereocenters. The van der Waals surface area contributed by atoms with Crippen molar-refractivity contribution < 1.29 is 12.8 Å². The van der Waals surface area contributed by atoms with Crippen LogP contribution in [0.4, 0.5) is 10.1 Å². The number of nitrogen functional groups attached to an aromatic ring is 1. The van der Waals surface area contributed by atoms with Gasteiger partial charge in [-0.05, 0) is 36.8 Å². The third kappa shape index (κ3) is 3.33. The molecule has 0 radical (unpaired) electrons. The summed E-state index contributed by atoms with van der Waals surface area (Å²) in [6, 6.07) is 2.33. The second-order valence-electron chi connectivity index (χ2n) is 5.79. The summed E-state index contributed by atoms with van der Waals surface area (Å²) in [5, 5.41) is 0.115. The van der Waals surface area contributed by atoms with Gasteiger partial charge in [-0.2, -0.15) is 4.31 Å². The molecule has 2 rings (SSSR count). The van der Waals surface area contributed by atoms with E-state index in [-0.39, 0.29) is 10.7 Å². The highest BCUT2D eigenvalue weighted by molar-refractivity contribution is 7.89. The summed E-state index contributed by atoms with van der Waals surface area (Å²) in [6.45, 7) is 5.06. The molecule has 1 aromatic rings. The monoisotopic (exact) mass is 334 g/mol. The second-order valence-corrected chi connectivity index (χ2v) is 8.14. The molecule has 2 N–H and O–H groups in total. The van der Waals surface area contributed by atoms with Crippen LogP contribution in [0.1, 0.15) is 26.7 Å². The molecule has 118 valence electrons. The van der Waals surface area contributed by atoms with Crippen LogP contribution in [0.2, 0.25) is 5.02 Å². The zero-order valence-corrected chi connectivity index (χ0v) is 13.7. The van der Waals surface area contributed by atoms with Crippen molar-refractivity contribution in [2.75, 3.05) is 18.8 Å². The minimum atomic E-state index is -3.89. The average Bonchev–Trinajstić information content (AvgIpc) is 2.42. The Balaban J connectivity index is 2.28. The number of hydrogen-bond acceptors (Lipinski definition) is 3. The summed E-state index contributed by atoms with van der Waals surface area (Å²) in [4.78, 5) is -0.435. The van der Waals surface area contributed by atoms with Crippen LogP contribution in [0.5, 0.6) is 0 Å². The minimum Gasteiger partial charge on any atom is -0.396 e. The molecule has 0 aromatic heterocycles. The molecule has 0 bridgehead atoms. The van der Waals surface area contributed by atoms with Gasteiger partial charge in [-0.1, -0.05) is 25.4 Å². The first-order valence-corrected chi connectivity index (χ1v) is 8.80. The summed E-state index contributed by atoms with van der Waals surface area (Å²) in [7, 11) is -3.89. The zero-order valence-electron chi connectivity index (χ0n) is 12.1. The van der Waals surface area contributed by atoms with E-state index in [9.17, 15) is 12.8 Å². The van der Waals surface area contributed by atoms with Gasteiger partial charge in [0, 0.05) is 18.1 Å². The van der Waals surface area contributed by atoms with Crippen LogP contribution < -0.4 is 5.73 Å². The van der Waals surface area contributed by atoms with Gasteiger partial charge in [0.25, 0.3) is 0 Å². The van der Waals surface area contributed by atoms with E-state index in [0.717, 1.165) is 18.9 Å². The Morgan fingerprint density at radius 2 is 1.90 bits per heavy atom. The summed E-state index contributed by atoms with van der Waals surface area (Å²) in [5.41, 5.74) is 5.22. The first kappa shape index (κ1) is 16.5. The third-order valence-electron chi connectivity index (χ3n) is 4.09. The van der Waals surface area contributed by atoms with Gasteiger partial charge in [0.2, 0.25) is 10.0 Å². The Morgan fingerprint density at radius 1 is 1.33 bits per heavy atom. The summed E-state index contributed by atoms with van der Waals surface area (Å²) in [5.74, 6) is 0.101. The van der Waals surface area contributed by atoms with Crippen LogP contribution >= 0.6 is 11.6 Å². The molecular formula is C14H20ClFN2O2S. The highest BCUT2D eigenvalue weighted by atomic mass is 35.5. The molecule has 1 aliphatic heterocycles. The molecule has 0 aliphatic carbocycles. The molecule has 0 saturated carbocycles. The van der Waals surface area contributed by atoms with Crippen LogP contribution in [-0.4, -0.2) is 25.8 Å². The molecule has 21 heavy (non-hydrogen) atoms. The van der Waals surface area contributed by atoms with Crippen LogP contribution in [0.25, 0.3) is 0 Å². The van der Waals surface area contributed by atoms with Gasteiger partial charge >= 0.3 is 0 Å². The Labute approximate surface area is 130 Å². The topological polar surface area (TPSA) is 63.4 Å². The zero-order chi connectivity index (χ0) is 15.8. The largest absolute Gasteiger partial charge is 0.396 e. The van der Waals surface area contributed by atoms with Crippen LogP contribution in [-0.2, 0) is 10.0 Å². The van der Waals surface area contributed by atoms with Crippen molar-refractivity contribution in [2.24, 2.45) is 11.8 Å². The normalized spacial score (nSPS) is 18.3. The maximum atomic E-state index is 14.0. The van der Waals surface area contributed by atoms with Crippen molar-refractivity contribution in [3.63, 3.8) is 0 Å². The molecular weight excluding hydrogens is 315 g/mol. The van der Waals surface area contributed by atoms with E-state index in [1.807, 2.05) is 0 Å². The van der Waals surface area contributed by atoms with Gasteiger partial charge in [-0.15, -0.1) is 0 Å². The summed E-state index contributed by atoms with van der Waals surface area (Å²) < 4.78 is 40.5. The SMILES string of the molecule is CC(C)C1CCN(S(=O)(=O)c2cc(Cl)cc(N)c2F)CC1. The fourth-order valence-corrected chi connectivity index (χ4v) is 4.58. The molecule has 1 heterocycles. The molecule has 0 unspecified atom stereocenters. The van der Waals surface area contributed by atoms with Crippen molar-refractivity contribution >= 4 is 27.3 Å². The van der Waals surface area contributed by atoms with E-state index < -0.39 is 20.7 Å².